The van der Waals surface area contributed by atoms with E-state index in [4.69, 9.17) is 9.15 Å². The molecule has 0 aromatic carbocycles. The van der Waals surface area contributed by atoms with E-state index in [-0.39, 0.29) is 0 Å². The number of ether oxygens (including phenoxy) is 1. The van der Waals surface area contributed by atoms with Gasteiger partial charge in [-0.1, -0.05) is 0 Å². The summed E-state index contributed by atoms with van der Waals surface area (Å²) in [7, 11) is 0. The van der Waals surface area contributed by atoms with Crippen LogP contribution in [0.15, 0.2) is 23.0 Å². The minimum absolute atomic E-state index is 0.475. The molecule has 2 nitrogen and oxygen atoms in total. The van der Waals surface area contributed by atoms with E-state index in [1.54, 1.807) is 12.5 Å². The van der Waals surface area contributed by atoms with E-state index in [2.05, 4.69) is 0 Å². The lowest BCUT2D eigenvalue weighted by Crippen LogP contribution is -1.93. The molecule has 1 aliphatic rings. The summed E-state index contributed by atoms with van der Waals surface area (Å²) >= 11 is 0. The van der Waals surface area contributed by atoms with Gasteiger partial charge in [0.2, 0.25) is 0 Å². The van der Waals surface area contributed by atoms with Gasteiger partial charge in [0.15, 0.2) is 5.75 Å². The van der Waals surface area contributed by atoms with Gasteiger partial charge in [-0.3, -0.25) is 0 Å². The second-order valence-corrected chi connectivity index (χ2v) is 2.28. The van der Waals surface area contributed by atoms with E-state index in [1.165, 1.54) is 12.8 Å². The number of furan rings is 1. The zero-order chi connectivity index (χ0) is 6.10. The normalized spacial score (nSPS) is 17.8. The SMILES string of the molecule is c1cc(OC2CC2)co1. The van der Waals surface area contributed by atoms with Gasteiger partial charge in [-0.2, -0.15) is 0 Å². The molecule has 0 aliphatic heterocycles. The number of rotatable bonds is 2. The summed E-state index contributed by atoms with van der Waals surface area (Å²) < 4.78 is 10.2. The average Bonchev–Trinajstić information content (AvgIpc) is 2.46. The molecule has 1 saturated carbocycles. The zero-order valence-corrected chi connectivity index (χ0v) is 5.04. The van der Waals surface area contributed by atoms with Crippen molar-refractivity contribution in [3.05, 3.63) is 18.6 Å². The fraction of sp³-hybridized carbons (Fsp3) is 0.429. The topological polar surface area (TPSA) is 22.4 Å². The first-order valence-electron chi connectivity index (χ1n) is 3.14. The summed E-state index contributed by atoms with van der Waals surface area (Å²) in [6.45, 7) is 0. The highest BCUT2D eigenvalue weighted by atomic mass is 16.5. The van der Waals surface area contributed by atoms with Gasteiger partial charge in [-0.05, 0) is 12.8 Å². The van der Waals surface area contributed by atoms with Gasteiger partial charge in [-0.25, -0.2) is 0 Å². The Morgan fingerprint density at radius 2 is 2.44 bits per heavy atom. The molecule has 1 aliphatic carbocycles. The van der Waals surface area contributed by atoms with Crippen LogP contribution < -0.4 is 4.74 Å². The second kappa shape index (κ2) is 1.79. The molecular formula is C7H8O2. The fourth-order valence-electron chi connectivity index (χ4n) is 0.697. The largest absolute Gasteiger partial charge is 0.487 e. The van der Waals surface area contributed by atoms with Crippen molar-refractivity contribution in [3.63, 3.8) is 0 Å². The van der Waals surface area contributed by atoms with Gasteiger partial charge < -0.3 is 9.15 Å². The Kier molecular flexibility index (Phi) is 0.979. The molecule has 1 fully saturated rings. The maximum Gasteiger partial charge on any atom is 0.157 e. The number of hydrogen-bond acceptors (Lipinski definition) is 2. The van der Waals surface area contributed by atoms with Crippen molar-refractivity contribution in [2.45, 2.75) is 18.9 Å². The molecule has 0 atom stereocenters. The van der Waals surface area contributed by atoms with E-state index in [1.807, 2.05) is 6.07 Å². The van der Waals surface area contributed by atoms with Crippen LogP contribution in [0.25, 0.3) is 0 Å². The van der Waals surface area contributed by atoms with Gasteiger partial charge in [0.25, 0.3) is 0 Å². The van der Waals surface area contributed by atoms with Crippen LogP contribution in [0.5, 0.6) is 5.75 Å². The number of hydrogen-bond donors (Lipinski definition) is 0. The summed E-state index contributed by atoms with van der Waals surface area (Å²) in [6.07, 6.45) is 6.12. The van der Waals surface area contributed by atoms with Gasteiger partial charge >= 0.3 is 0 Å². The maximum absolute atomic E-state index is 5.37. The third kappa shape index (κ3) is 1.07. The van der Waals surface area contributed by atoms with Gasteiger partial charge in [-0.15, -0.1) is 0 Å². The lowest BCUT2D eigenvalue weighted by molar-refractivity contribution is 0.299. The van der Waals surface area contributed by atoms with Crippen molar-refractivity contribution < 1.29 is 9.15 Å². The minimum Gasteiger partial charge on any atom is -0.487 e. The van der Waals surface area contributed by atoms with Crippen LogP contribution in [-0.4, -0.2) is 6.10 Å². The Bertz CT molecular complexity index is 175. The van der Waals surface area contributed by atoms with E-state index in [0.29, 0.717) is 6.10 Å². The Labute approximate surface area is 53.4 Å². The van der Waals surface area contributed by atoms with Crippen LogP contribution >= 0.6 is 0 Å². The highest BCUT2D eigenvalue weighted by Crippen LogP contribution is 2.26. The molecular weight excluding hydrogens is 116 g/mol. The molecule has 0 bridgehead atoms. The smallest absolute Gasteiger partial charge is 0.157 e. The highest BCUT2D eigenvalue weighted by Gasteiger charge is 2.23. The summed E-state index contributed by atoms with van der Waals surface area (Å²) in [6, 6.07) is 1.83. The molecule has 2 rings (SSSR count). The molecule has 0 N–H and O–H groups in total. The van der Waals surface area contributed by atoms with Gasteiger partial charge in [0, 0.05) is 6.07 Å². The third-order valence-corrected chi connectivity index (χ3v) is 1.32. The molecule has 0 amide bonds. The Morgan fingerprint density at radius 1 is 1.56 bits per heavy atom. The van der Waals surface area contributed by atoms with Crippen molar-refractivity contribution in [2.75, 3.05) is 0 Å². The molecule has 48 valence electrons. The summed E-state index contributed by atoms with van der Waals surface area (Å²) in [5, 5.41) is 0. The Hall–Kier alpha value is -0.920. The van der Waals surface area contributed by atoms with Crippen LogP contribution in [0.1, 0.15) is 12.8 Å². The van der Waals surface area contributed by atoms with Crippen molar-refractivity contribution in [1.82, 2.24) is 0 Å². The molecule has 0 radical (unpaired) electrons. The van der Waals surface area contributed by atoms with Crippen LogP contribution in [0.3, 0.4) is 0 Å². The van der Waals surface area contributed by atoms with E-state index in [0.717, 1.165) is 5.75 Å². The second-order valence-electron chi connectivity index (χ2n) is 2.28. The predicted octanol–water partition coefficient (Wildman–Crippen LogP) is 1.82. The molecule has 1 aromatic heterocycles. The average molecular weight is 124 g/mol. The summed E-state index contributed by atoms with van der Waals surface area (Å²) in [5.41, 5.74) is 0. The highest BCUT2D eigenvalue weighted by molar-refractivity contribution is 5.14. The monoisotopic (exact) mass is 124 g/mol. The maximum atomic E-state index is 5.37. The van der Waals surface area contributed by atoms with Crippen LogP contribution in [0.4, 0.5) is 0 Å². The van der Waals surface area contributed by atoms with Gasteiger partial charge in [0.05, 0.1) is 12.4 Å². The van der Waals surface area contributed by atoms with Crippen LogP contribution in [0.2, 0.25) is 0 Å². The molecule has 1 aromatic rings. The summed E-state index contributed by atoms with van der Waals surface area (Å²) in [5.74, 6) is 0.859. The fourth-order valence-corrected chi connectivity index (χ4v) is 0.697. The van der Waals surface area contributed by atoms with E-state index >= 15 is 0 Å². The molecule has 0 spiro atoms. The Balaban J connectivity index is 1.99. The van der Waals surface area contributed by atoms with Crippen molar-refractivity contribution >= 4 is 0 Å². The van der Waals surface area contributed by atoms with Crippen LogP contribution in [0, 0.1) is 0 Å². The molecule has 1 heterocycles. The van der Waals surface area contributed by atoms with E-state index < -0.39 is 0 Å². The first kappa shape index (κ1) is 4.91. The summed E-state index contributed by atoms with van der Waals surface area (Å²) in [4.78, 5) is 0. The van der Waals surface area contributed by atoms with E-state index in [9.17, 15) is 0 Å². The minimum atomic E-state index is 0.475. The lowest BCUT2D eigenvalue weighted by atomic mass is 10.6. The third-order valence-electron chi connectivity index (χ3n) is 1.32. The zero-order valence-electron chi connectivity index (χ0n) is 5.04. The van der Waals surface area contributed by atoms with Gasteiger partial charge in [0.1, 0.15) is 6.26 Å². The predicted molar refractivity (Wildman–Crippen MR) is 32.4 cm³/mol. The molecule has 2 heteroatoms. The first-order valence-corrected chi connectivity index (χ1v) is 3.14. The van der Waals surface area contributed by atoms with Crippen molar-refractivity contribution in [3.8, 4) is 5.75 Å². The standard InChI is InChI=1S/C7H8O2/c1-2-6(1)9-7-3-4-8-5-7/h3-6H,1-2H2. The first-order chi connectivity index (χ1) is 4.45. The van der Waals surface area contributed by atoms with Crippen LogP contribution in [-0.2, 0) is 0 Å². The molecule has 9 heavy (non-hydrogen) atoms. The molecule has 0 saturated heterocycles. The quantitative estimate of drug-likeness (QED) is 0.600. The lowest BCUT2D eigenvalue weighted by Gasteiger charge is -1.95. The van der Waals surface area contributed by atoms with Crippen molar-refractivity contribution in [1.29, 1.82) is 0 Å². The molecule has 0 unspecified atom stereocenters. The Morgan fingerprint density at radius 3 is 3.00 bits per heavy atom. The van der Waals surface area contributed by atoms with Crippen molar-refractivity contribution in [2.24, 2.45) is 0 Å².